The Kier molecular flexibility index (Phi) is 6.38. The second-order valence-electron chi connectivity index (χ2n) is 6.11. The molecule has 0 saturated carbocycles. The topological polar surface area (TPSA) is 105 Å². The molecule has 8 nitrogen and oxygen atoms in total. The number of nitrogens with one attached hydrogen (secondary N) is 2. The van der Waals surface area contributed by atoms with Crippen LogP contribution in [0.3, 0.4) is 0 Å². The first-order valence-corrected chi connectivity index (χ1v) is 9.59. The van der Waals surface area contributed by atoms with Gasteiger partial charge in [0.05, 0.1) is 4.88 Å². The van der Waals surface area contributed by atoms with Crippen LogP contribution >= 0.6 is 11.3 Å². The summed E-state index contributed by atoms with van der Waals surface area (Å²) in [6.07, 6.45) is 1.18. The smallest absolute Gasteiger partial charge is 0.329 e. The summed E-state index contributed by atoms with van der Waals surface area (Å²) >= 11 is 1.31. The lowest BCUT2D eigenvalue weighted by atomic mass is 10.2. The minimum Gasteiger partial charge on any atom is -0.454 e. The van der Waals surface area contributed by atoms with Gasteiger partial charge in [-0.15, -0.1) is 11.3 Å². The maximum Gasteiger partial charge on any atom is 0.329 e. The van der Waals surface area contributed by atoms with Gasteiger partial charge in [0.2, 0.25) is 0 Å². The fraction of sp³-hybridized carbons (Fsp3) is 0.263. The van der Waals surface area contributed by atoms with Crippen LogP contribution in [0, 0.1) is 0 Å². The molecule has 1 aromatic heterocycles. The van der Waals surface area contributed by atoms with Crippen molar-refractivity contribution in [2.24, 2.45) is 0 Å². The second kappa shape index (κ2) is 9.14. The van der Waals surface area contributed by atoms with Crippen LogP contribution in [0.2, 0.25) is 0 Å². The van der Waals surface area contributed by atoms with Crippen LogP contribution in [0.15, 0.2) is 47.8 Å². The molecule has 1 atom stereocenters. The molecule has 9 heteroatoms. The molecule has 0 radical (unpaired) electrons. The number of hydrogen-bond acceptors (Lipinski definition) is 6. The number of likely N-dealkylation sites (tertiary alicyclic amines) is 1. The quantitative estimate of drug-likeness (QED) is 0.581. The summed E-state index contributed by atoms with van der Waals surface area (Å²) in [5.41, 5.74) is 4.82. The molecule has 0 bridgehead atoms. The average Bonchev–Trinajstić information content (AvgIpc) is 3.42. The first kappa shape index (κ1) is 19.6. The Balaban J connectivity index is 1.46. The van der Waals surface area contributed by atoms with E-state index in [2.05, 4.69) is 10.9 Å². The van der Waals surface area contributed by atoms with Crippen molar-refractivity contribution in [1.82, 2.24) is 15.8 Å². The highest BCUT2D eigenvalue weighted by molar-refractivity contribution is 7.12. The van der Waals surface area contributed by atoms with Crippen molar-refractivity contribution in [3.63, 3.8) is 0 Å². The number of hydrazine groups is 1. The normalized spacial score (nSPS) is 15.7. The van der Waals surface area contributed by atoms with E-state index in [0.717, 1.165) is 0 Å². The van der Waals surface area contributed by atoms with Gasteiger partial charge in [0.25, 0.3) is 17.7 Å². The number of rotatable bonds is 5. The number of esters is 1. The van der Waals surface area contributed by atoms with Gasteiger partial charge in [-0.3, -0.25) is 25.2 Å². The molecule has 2 heterocycles. The lowest BCUT2D eigenvalue weighted by Crippen LogP contribution is -2.45. The van der Waals surface area contributed by atoms with Gasteiger partial charge in [-0.25, -0.2) is 4.79 Å². The fourth-order valence-corrected chi connectivity index (χ4v) is 3.53. The standard InChI is InChI=1S/C19H19N3O5S/c23-16(20-21-17(24)13-6-2-1-3-7-13)12-27-19(26)14-8-4-10-22(14)18(25)15-9-5-11-28-15/h1-3,5-7,9,11,14H,4,8,10,12H2,(H,20,23)(H,21,24)/t14-/m0/s1. The zero-order valence-electron chi connectivity index (χ0n) is 14.9. The first-order valence-electron chi connectivity index (χ1n) is 8.71. The molecule has 1 fully saturated rings. The van der Waals surface area contributed by atoms with Crippen LogP contribution in [0.5, 0.6) is 0 Å². The van der Waals surface area contributed by atoms with Crippen molar-refractivity contribution in [2.45, 2.75) is 18.9 Å². The Morgan fingerprint density at radius 3 is 2.57 bits per heavy atom. The van der Waals surface area contributed by atoms with Gasteiger partial charge in [-0.1, -0.05) is 24.3 Å². The second-order valence-corrected chi connectivity index (χ2v) is 7.06. The average molecular weight is 401 g/mol. The largest absolute Gasteiger partial charge is 0.454 e. The van der Waals surface area contributed by atoms with Crippen molar-refractivity contribution in [1.29, 1.82) is 0 Å². The molecule has 0 aliphatic carbocycles. The van der Waals surface area contributed by atoms with Gasteiger partial charge in [-0.2, -0.15) is 0 Å². The third kappa shape index (κ3) is 4.74. The molecule has 1 aliphatic heterocycles. The van der Waals surface area contributed by atoms with Crippen LogP contribution in [0.4, 0.5) is 0 Å². The number of nitrogens with zero attached hydrogens (tertiary/aromatic N) is 1. The molecule has 3 rings (SSSR count). The van der Waals surface area contributed by atoms with E-state index < -0.39 is 30.4 Å². The molecule has 2 aromatic rings. The Labute approximate surface area is 165 Å². The number of benzene rings is 1. The number of carbonyl (C=O) groups excluding carboxylic acids is 4. The van der Waals surface area contributed by atoms with Gasteiger partial charge in [-0.05, 0) is 36.4 Å². The fourth-order valence-electron chi connectivity index (χ4n) is 2.85. The molecular formula is C19H19N3O5S. The van der Waals surface area contributed by atoms with E-state index in [1.165, 1.54) is 16.2 Å². The number of amides is 3. The zero-order valence-corrected chi connectivity index (χ0v) is 15.7. The van der Waals surface area contributed by atoms with E-state index in [9.17, 15) is 19.2 Å². The van der Waals surface area contributed by atoms with Crippen molar-refractivity contribution < 1.29 is 23.9 Å². The third-order valence-corrected chi connectivity index (χ3v) is 5.07. The minimum atomic E-state index is -0.707. The molecule has 1 aliphatic rings. The Hall–Kier alpha value is -3.20. The van der Waals surface area contributed by atoms with E-state index in [0.29, 0.717) is 29.8 Å². The summed E-state index contributed by atoms with van der Waals surface area (Å²) in [5.74, 6) is -2.00. The van der Waals surface area contributed by atoms with E-state index in [-0.39, 0.29) is 5.91 Å². The summed E-state index contributed by atoms with van der Waals surface area (Å²) in [4.78, 5) is 50.5. The van der Waals surface area contributed by atoms with Crippen molar-refractivity contribution in [2.75, 3.05) is 13.2 Å². The van der Waals surface area contributed by atoms with Crippen molar-refractivity contribution in [3.05, 3.63) is 58.3 Å². The third-order valence-electron chi connectivity index (χ3n) is 4.21. The van der Waals surface area contributed by atoms with E-state index in [1.54, 1.807) is 47.8 Å². The van der Waals surface area contributed by atoms with Crippen LogP contribution in [0.25, 0.3) is 0 Å². The summed E-state index contributed by atoms with van der Waals surface area (Å²) in [5, 5.41) is 1.80. The molecule has 2 N–H and O–H groups in total. The van der Waals surface area contributed by atoms with E-state index in [1.807, 2.05) is 0 Å². The number of hydrogen-bond donors (Lipinski definition) is 2. The molecule has 28 heavy (non-hydrogen) atoms. The van der Waals surface area contributed by atoms with E-state index in [4.69, 9.17) is 4.74 Å². The van der Waals surface area contributed by atoms with Gasteiger partial charge in [0.15, 0.2) is 6.61 Å². The van der Waals surface area contributed by atoms with Gasteiger partial charge in [0, 0.05) is 12.1 Å². The van der Waals surface area contributed by atoms with Gasteiger partial charge < -0.3 is 9.64 Å². The molecule has 1 saturated heterocycles. The van der Waals surface area contributed by atoms with Gasteiger partial charge in [0.1, 0.15) is 6.04 Å². The predicted octanol–water partition coefficient (Wildman–Crippen LogP) is 1.36. The first-order chi connectivity index (χ1) is 13.6. The van der Waals surface area contributed by atoms with E-state index >= 15 is 0 Å². The van der Waals surface area contributed by atoms with Gasteiger partial charge >= 0.3 is 5.97 Å². The van der Waals surface area contributed by atoms with Crippen LogP contribution < -0.4 is 10.9 Å². The van der Waals surface area contributed by atoms with Crippen LogP contribution in [-0.2, 0) is 14.3 Å². The summed E-state index contributed by atoms with van der Waals surface area (Å²) in [6, 6.07) is 11.1. The number of carbonyl (C=O) groups is 4. The summed E-state index contributed by atoms with van der Waals surface area (Å²) < 4.78 is 5.03. The maximum absolute atomic E-state index is 12.5. The Morgan fingerprint density at radius 2 is 1.86 bits per heavy atom. The molecule has 3 amide bonds. The molecule has 0 unspecified atom stereocenters. The zero-order chi connectivity index (χ0) is 19.9. The monoisotopic (exact) mass is 401 g/mol. The minimum absolute atomic E-state index is 0.214. The van der Waals surface area contributed by atoms with Crippen LogP contribution in [-0.4, -0.2) is 47.8 Å². The lowest BCUT2D eigenvalue weighted by molar-refractivity contribution is -0.152. The SMILES string of the molecule is O=C(COC(=O)[C@@H]1CCCN1C(=O)c1cccs1)NNC(=O)c1ccccc1. The predicted molar refractivity (Wildman–Crippen MR) is 101 cm³/mol. The molecular weight excluding hydrogens is 382 g/mol. The number of ether oxygens (including phenoxy) is 1. The summed E-state index contributed by atoms with van der Waals surface area (Å²) in [6.45, 7) is -0.0821. The van der Waals surface area contributed by atoms with Crippen LogP contribution in [0.1, 0.15) is 32.9 Å². The van der Waals surface area contributed by atoms with Crippen molar-refractivity contribution in [3.8, 4) is 0 Å². The Bertz CT molecular complexity index is 854. The highest BCUT2D eigenvalue weighted by Crippen LogP contribution is 2.23. The Morgan fingerprint density at radius 1 is 1.07 bits per heavy atom. The highest BCUT2D eigenvalue weighted by Gasteiger charge is 2.36. The highest BCUT2D eigenvalue weighted by atomic mass is 32.1. The van der Waals surface area contributed by atoms with Crippen molar-refractivity contribution >= 4 is 35.0 Å². The summed E-state index contributed by atoms with van der Waals surface area (Å²) in [7, 11) is 0. The maximum atomic E-state index is 12.5. The molecule has 1 aromatic carbocycles. The number of thiophene rings is 1. The molecule has 0 spiro atoms. The lowest BCUT2D eigenvalue weighted by Gasteiger charge is -2.22. The molecule has 146 valence electrons.